The Bertz CT molecular complexity index is 275. The molecule has 0 saturated heterocycles. The third-order valence-electron chi connectivity index (χ3n) is 1.86. The van der Waals surface area contributed by atoms with Crippen LogP contribution in [0.4, 0.5) is 0 Å². The van der Waals surface area contributed by atoms with Crippen molar-refractivity contribution in [1.82, 2.24) is 20.7 Å². The minimum atomic E-state index is -0.208. The number of hydrogen-bond acceptors (Lipinski definition) is 3. The summed E-state index contributed by atoms with van der Waals surface area (Å²) >= 11 is 5.57. The van der Waals surface area contributed by atoms with Crippen molar-refractivity contribution in [3.8, 4) is 0 Å². The van der Waals surface area contributed by atoms with Gasteiger partial charge in [-0.15, -0.1) is 11.6 Å². The molecule has 0 aromatic carbocycles. The van der Waals surface area contributed by atoms with E-state index >= 15 is 0 Å². The SMILES string of the molecule is CC(CCCl)CNC(=O)c1cn[nH]n1. The summed E-state index contributed by atoms with van der Waals surface area (Å²) in [5.41, 5.74) is 0.308. The van der Waals surface area contributed by atoms with Gasteiger partial charge >= 0.3 is 0 Å². The van der Waals surface area contributed by atoms with Crippen LogP contribution in [0.2, 0.25) is 0 Å². The fraction of sp³-hybridized carbons (Fsp3) is 0.625. The van der Waals surface area contributed by atoms with E-state index in [-0.39, 0.29) is 5.91 Å². The van der Waals surface area contributed by atoms with Gasteiger partial charge in [-0.2, -0.15) is 15.4 Å². The van der Waals surface area contributed by atoms with Gasteiger partial charge in [-0.25, -0.2) is 0 Å². The molecule has 1 aromatic rings. The molecule has 0 radical (unpaired) electrons. The van der Waals surface area contributed by atoms with E-state index in [4.69, 9.17) is 11.6 Å². The van der Waals surface area contributed by atoms with Crippen LogP contribution >= 0.6 is 11.6 Å². The number of amides is 1. The molecule has 1 aromatic heterocycles. The Kier molecular flexibility index (Phi) is 4.39. The van der Waals surface area contributed by atoms with Crippen molar-refractivity contribution in [2.75, 3.05) is 12.4 Å². The summed E-state index contributed by atoms with van der Waals surface area (Å²) in [4.78, 5) is 11.3. The van der Waals surface area contributed by atoms with E-state index in [0.29, 0.717) is 24.0 Å². The van der Waals surface area contributed by atoms with E-state index in [9.17, 15) is 4.79 Å². The highest BCUT2D eigenvalue weighted by Crippen LogP contribution is 2.01. The predicted molar refractivity (Wildman–Crippen MR) is 53.2 cm³/mol. The number of hydrogen-bond donors (Lipinski definition) is 2. The van der Waals surface area contributed by atoms with E-state index in [1.807, 2.05) is 6.92 Å². The van der Waals surface area contributed by atoms with Gasteiger partial charge in [0.15, 0.2) is 5.69 Å². The molecule has 6 heteroatoms. The second kappa shape index (κ2) is 5.59. The molecule has 2 N–H and O–H groups in total. The van der Waals surface area contributed by atoms with E-state index in [1.54, 1.807) is 0 Å². The number of carbonyl (C=O) groups is 1. The fourth-order valence-corrected chi connectivity index (χ4v) is 1.33. The summed E-state index contributed by atoms with van der Waals surface area (Å²) in [5.74, 6) is 0.782. The van der Waals surface area contributed by atoms with Crippen LogP contribution in [0, 0.1) is 5.92 Å². The second-order valence-corrected chi connectivity index (χ2v) is 3.53. The Balaban J connectivity index is 2.28. The van der Waals surface area contributed by atoms with Gasteiger partial charge < -0.3 is 5.32 Å². The van der Waals surface area contributed by atoms with Crippen molar-refractivity contribution < 1.29 is 4.79 Å². The summed E-state index contributed by atoms with van der Waals surface area (Å²) in [6, 6.07) is 0. The molecular formula is C8H13ClN4O. The van der Waals surface area contributed by atoms with Crippen molar-refractivity contribution in [2.45, 2.75) is 13.3 Å². The summed E-state index contributed by atoms with van der Waals surface area (Å²) in [6.07, 6.45) is 2.28. The number of nitrogens with zero attached hydrogens (tertiary/aromatic N) is 2. The highest BCUT2D eigenvalue weighted by molar-refractivity contribution is 6.17. The molecule has 0 fully saturated rings. The van der Waals surface area contributed by atoms with E-state index < -0.39 is 0 Å². The Hall–Kier alpha value is -1.10. The third-order valence-corrected chi connectivity index (χ3v) is 2.08. The number of aromatic nitrogens is 3. The van der Waals surface area contributed by atoms with Gasteiger partial charge in [-0.05, 0) is 12.3 Å². The maximum absolute atomic E-state index is 11.3. The van der Waals surface area contributed by atoms with Gasteiger partial charge in [0.2, 0.25) is 0 Å². The van der Waals surface area contributed by atoms with Crippen molar-refractivity contribution in [2.24, 2.45) is 5.92 Å². The average Bonchev–Trinajstić information content (AvgIpc) is 2.67. The van der Waals surface area contributed by atoms with Crippen LogP contribution in [0.15, 0.2) is 6.20 Å². The van der Waals surface area contributed by atoms with Gasteiger partial charge in [0.1, 0.15) is 0 Å². The number of nitrogens with one attached hydrogen (secondary N) is 2. The summed E-state index contributed by atoms with van der Waals surface area (Å²) in [7, 11) is 0. The fourth-order valence-electron chi connectivity index (χ4n) is 0.957. The van der Waals surface area contributed by atoms with Gasteiger partial charge in [-0.1, -0.05) is 6.92 Å². The Morgan fingerprint density at radius 2 is 2.57 bits per heavy atom. The minimum Gasteiger partial charge on any atom is -0.350 e. The van der Waals surface area contributed by atoms with Crippen molar-refractivity contribution in [3.05, 3.63) is 11.9 Å². The van der Waals surface area contributed by atoms with Crippen LogP contribution in [0.3, 0.4) is 0 Å². The highest BCUT2D eigenvalue weighted by atomic mass is 35.5. The highest BCUT2D eigenvalue weighted by Gasteiger charge is 2.09. The van der Waals surface area contributed by atoms with Crippen LogP contribution in [0.1, 0.15) is 23.8 Å². The Labute approximate surface area is 87.2 Å². The molecule has 0 aliphatic rings. The van der Waals surface area contributed by atoms with Crippen LogP contribution in [-0.2, 0) is 0 Å². The first-order chi connectivity index (χ1) is 6.74. The number of halogens is 1. The molecule has 1 amide bonds. The zero-order chi connectivity index (χ0) is 10.4. The zero-order valence-corrected chi connectivity index (χ0v) is 8.71. The Morgan fingerprint density at radius 1 is 1.79 bits per heavy atom. The van der Waals surface area contributed by atoms with Crippen LogP contribution in [0.5, 0.6) is 0 Å². The molecule has 78 valence electrons. The number of rotatable bonds is 5. The molecule has 0 spiro atoms. The summed E-state index contributed by atoms with van der Waals surface area (Å²) in [5, 5.41) is 12.3. The average molecular weight is 217 g/mol. The standard InChI is InChI=1S/C8H13ClN4O/c1-6(2-3-9)4-10-8(14)7-5-11-13-12-7/h5-6H,2-4H2,1H3,(H,10,14)(H,11,12,13). The number of alkyl halides is 1. The molecule has 0 bridgehead atoms. The quantitative estimate of drug-likeness (QED) is 0.716. The maximum atomic E-state index is 11.3. The first kappa shape index (κ1) is 11.0. The lowest BCUT2D eigenvalue weighted by molar-refractivity contribution is 0.0943. The van der Waals surface area contributed by atoms with Gasteiger partial charge in [-0.3, -0.25) is 4.79 Å². The van der Waals surface area contributed by atoms with E-state index in [1.165, 1.54) is 6.20 Å². The predicted octanol–water partition coefficient (Wildman–Crippen LogP) is 0.799. The van der Waals surface area contributed by atoms with Crippen LogP contribution in [-0.4, -0.2) is 33.7 Å². The largest absolute Gasteiger partial charge is 0.350 e. The third kappa shape index (κ3) is 3.33. The molecule has 0 aliphatic carbocycles. The lowest BCUT2D eigenvalue weighted by Crippen LogP contribution is -2.28. The zero-order valence-electron chi connectivity index (χ0n) is 7.96. The number of aromatic amines is 1. The number of H-pyrrole nitrogens is 1. The van der Waals surface area contributed by atoms with Crippen LogP contribution in [0.25, 0.3) is 0 Å². The molecule has 1 atom stereocenters. The van der Waals surface area contributed by atoms with Gasteiger partial charge in [0, 0.05) is 12.4 Å². The van der Waals surface area contributed by atoms with Crippen LogP contribution < -0.4 is 5.32 Å². The minimum absolute atomic E-state index is 0.208. The van der Waals surface area contributed by atoms with Crippen molar-refractivity contribution >= 4 is 17.5 Å². The molecule has 0 saturated carbocycles. The van der Waals surface area contributed by atoms with E-state index in [2.05, 4.69) is 20.7 Å². The molecule has 1 heterocycles. The summed E-state index contributed by atoms with van der Waals surface area (Å²) < 4.78 is 0. The lowest BCUT2D eigenvalue weighted by Gasteiger charge is -2.09. The number of carbonyl (C=O) groups excluding carboxylic acids is 1. The molecule has 14 heavy (non-hydrogen) atoms. The first-order valence-corrected chi connectivity index (χ1v) is 4.97. The monoisotopic (exact) mass is 216 g/mol. The molecule has 0 aliphatic heterocycles. The second-order valence-electron chi connectivity index (χ2n) is 3.15. The van der Waals surface area contributed by atoms with E-state index in [0.717, 1.165) is 6.42 Å². The smallest absolute Gasteiger partial charge is 0.273 e. The topological polar surface area (TPSA) is 70.7 Å². The molecule has 1 unspecified atom stereocenters. The molecular weight excluding hydrogens is 204 g/mol. The first-order valence-electron chi connectivity index (χ1n) is 4.44. The van der Waals surface area contributed by atoms with Gasteiger partial charge in [0.05, 0.1) is 6.20 Å². The maximum Gasteiger partial charge on any atom is 0.273 e. The normalized spacial score (nSPS) is 12.4. The van der Waals surface area contributed by atoms with Crippen molar-refractivity contribution in [3.63, 3.8) is 0 Å². The Morgan fingerprint density at radius 3 is 3.14 bits per heavy atom. The van der Waals surface area contributed by atoms with Gasteiger partial charge in [0.25, 0.3) is 5.91 Å². The summed E-state index contributed by atoms with van der Waals surface area (Å²) in [6.45, 7) is 2.64. The molecule has 5 nitrogen and oxygen atoms in total. The lowest BCUT2D eigenvalue weighted by atomic mass is 10.1. The van der Waals surface area contributed by atoms with Crippen molar-refractivity contribution in [1.29, 1.82) is 0 Å². The molecule has 1 rings (SSSR count).